The molecule has 24 heavy (non-hydrogen) atoms. The molecular weight excluding hydrogens is 437 g/mol. The topological polar surface area (TPSA) is 82.2 Å². The van der Waals surface area contributed by atoms with Crippen LogP contribution in [0.3, 0.4) is 0 Å². The molecule has 0 radical (unpaired) electrons. The third-order valence-electron chi connectivity index (χ3n) is 3.34. The van der Waals surface area contributed by atoms with Crippen molar-refractivity contribution in [1.82, 2.24) is 19.6 Å². The molecular formula is C16H12IN5OS. The standard InChI is InChI=1S/C16H12IN5OS/c17-11-4-1-3-10(7-11)9-24-14-8-13-19-15(12-5-2-6-23-12)21-22(13)16(18)20-14/h1-8H,9H2,(H2,18,20). The van der Waals surface area contributed by atoms with Gasteiger partial charge in [-0.05, 0) is 52.4 Å². The first-order chi connectivity index (χ1) is 11.7. The van der Waals surface area contributed by atoms with Gasteiger partial charge in [0.05, 0.1) is 6.26 Å². The van der Waals surface area contributed by atoms with Gasteiger partial charge in [0, 0.05) is 15.4 Å². The fraction of sp³-hybridized carbons (Fsp3) is 0.0625. The van der Waals surface area contributed by atoms with Gasteiger partial charge in [0.2, 0.25) is 11.8 Å². The molecule has 0 aliphatic carbocycles. The number of fused-ring (bicyclic) bond motifs is 1. The lowest BCUT2D eigenvalue weighted by Crippen LogP contribution is -2.02. The van der Waals surface area contributed by atoms with Crippen LogP contribution in [-0.2, 0) is 5.75 Å². The maximum Gasteiger partial charge on any atom is 0.224 e. The lowest BCUT2D eigenvalue weighted by atomic mass is 10.2. The summed E-state index contributed by atoms with van der Waals surface area (Å²) in [5.74, 6) is 2.22. The predicted molar refractivity (Wildman–Crippen MR) is 102 cm³/mol. The number of hydrogen-bond donors (Lipinski definition) is 1. The minimum atomic E-state index is 0.308. The Bertz CT molecular complexity index is 999. The first kappa shape index (κ1) is 15.5. The van der Waals surface area contributed by atoms with Crippen molar-refractivity contribution < 1.29 is 4.42 Å². The van der Waals surface area contributed by atoms with Crippen molar-refractivity contribution in [3.8, 4) is 11.6 Å². The van der Waals surface area contributed by atoms with E-state index in [1.807, 2.05) is 12.1 Å². The second kappa shape index (κ2) is 6.44. The maximum absolute atomic E-state index is 6.02. The number of nitrogens with zero attached hydrogens (tertiary/aromatic N) is 4. The van der Waals surface area contributed by atoms with Gasteiger partial charge >= 0.3 is 0 Å². The minimum absolute atomic E-state index is 0.308. The van der Waals surface area contributed by atoms with Gasteiger partial charge in [-0.2, -0.15) is 4.52 Å². The Morgan fingerprint density at radius 2 is 2.08 bits per heavy atom. The molecule has 0 aliphatic heterocycles. The summed E-state index contributed by atoms with van der Waals surface area (Å²) >= 11 is 3.93. The summed E-state index contributed by atoms with van der Waals surface area (Å²) in [6, 6.07) is 13.9. The van der Waals surface area contributed by atoms with Crippen LogP contribution < -0.4 is 5.73 Å². The van der Waals surface area contributed by atoms with Crippen molar-refractivity contribution in [1.29, 1.82) is 0 Å². The first-order valence-electron chi connectivity index (χ1n) is 7.13. The van der Waals surface area contributed by atoms with E-state index < -0.39 is 0 Å². The molecule has 1 aromatic carbocycles. The number of furan rings is 1. The van der Waals surface area contributed by atoms with Crippen LogP contribution in [0, 0.1) is 3.57 Å². The van der Waals surface area contributed by atoms with Crippen molar-refractivity contribution in [2.45, 2.75) is 10.8 Å². The fourth-order valence-corrected chi connectivity index (χ4v) is 3.71. The minimum Gasteiger partial charge on any atom is -0.461 e. The molecule has 4 aromatic rings. The molecule has 0 atom stereocenters. The molecule has 0 bridgehead atoms. The van der Waals surface area contributed by atoms with Gasteiger partial charge in [0.15, 0.2) is 11.4 Å². The third-order valence-corrected chi connectivity index (χ3v) is 5.00. The van der Waals surface area contributed by atoms with E-state index in [0.717, 1.165) is 10.8 Å². The van der Waals surface area contributed by atoms with Crippen LogP contribution in [-0.4, -0.2) is 19.6 Å². The summed E-state index contributed by atoms with van der Waals surface area (Å²) < 4.78 is 8.07. The lowest BCUT2D eigenvalue weighted by molar-refractivity contribution is 0.577. The van der Waals surface area contributed by atoms with Crippen LogP contribution in [0.1, 0.15) is 5.56 Å². The number of halogens is 1. The summed E-state index contributed by atoms with van der Waals surface area (Å²) in [6.07, 6.45) is 1.59. The van der Waals surface area contributed by atoms with E-state index >= 15 is 0 Å². The van der Waals surface area contributed by atoms with Crippen molar-refractivity contribution in [2.24, 2.45) is 0 Å². The third kappa shape index (κ3) is 3.11. The molecule has 6 nitrogen and oxygen atoms in total. The molecule has 8 heteroatoms. The van der Waals surface area contributed by atoms with Gasteiger partial charge in [-0.25, -0.2) is 9.97 Å². The quantitative estimate of drug-likeness (QED) is 0.290. The normalized spacial score (nSPS) is 11.2. The molecule has 0 fully saturated rings. The van der Waals surface area contributed by atoms with Gasteiger partial charge in [0.1, 0.15) is 5.03 Å². The highest BCUT2D eigenvalue weighted by molar-refractivity contribution is 14.1. The van der Waals surface area contributed by atoms with E-state index in [9.17, 15) is 0 Å². The molecule has 0 unspecified atom stereocenters. The summed E-state index contributed by atoms with van der Waals surface area (Å²) in [5, 5.41) is 5.16. The van der Waals surface area contributed by atoms with E-state index in [-0.39, 0.29) is 0 Å². The number of hydrogen-bond acceptors (Lipinski definition) is 6. The van der Waals surface area contributed by atoms with Crippen molar-refractivity contribution in [3.63, 3.8) is 0 Å². The number of rotatable bonds is 4. The Labute approximate surface area is 155 Å². The van der Waals surface area contributed by atoms with Crippen molar-refractivity contribution >= 4 is 45.9 Å². The number of nitrogen functional groups attached to an aromatic ring is 1. The second-order valence-corrected chi connectivity index (χ2v) is 7.30. The zero-order valence-corrected chi connectivity index (χ0v) is 15.4. The largest absolute Gasteiger partial charge is 0.461 e. The number of aromatic nitrogens is 4. The summed E-state index contributed by atoms with van der Waals surface area (Å²) in [7, 11) is 0. The molecule has 0 amide bonds. The van der Waals surface area contributed by atoms with Gasteiger partial charge in [-0.15, -0.1) is 16.9 Å². The number of anilines is 1. The monoisotopic (exact) mass is 449 g/mol. The highest BCUT2D eigenvalue weighted by atomic mass is 127. The molecule has 0 spiro atoms. The molecule has 3 aromatic heterocycles. The Balaban J connectivity index is 1.62. The van der Waals surface area contributed by atoms with E-state index in [2.05, 4.69) is 61.9 Å². The number of benzene rings is 1. The molecule has 0 saturated heterocycles. The van der Waals surface area contributed by atoms with Gasteiger partial charge < -0.3 is 10.2 Å². The molecule has 3 heterocycles. The first-order valence-corrected chi connectivity index (χ1v) is 9.20. The molecule has 4 rings (SSSR count). The van der Waals surface area contributed by atoms with Gasteiger partial charge in [0.25, 0.3) is 0 Å². The molecule has 0 aliphatic rings. The van der Waals surface area contributed by atoms with E-state index in [1.54, 1.807) is 24.1 Å². The fourth-order valence-electron chi connectivity index (χ4n) is 2.26. The van der Waals surface area contributed by atoms with Crippen LogP contribution in [0.15, 0.2) is 58.2 Å². The zero-order chi connectivity index (χ0) is 16.5. The van der Waals surface area contributed by atoms with Crippen molar-refractivity contribution in [2.75, 3.05) is 5.73 Å². The molecule has 2 N–H and O–H groups in total. The average Bonchev–Trinajstić information content (AvgIpc) is 3.22. The SMILES string of the molecule is Nc1nc(SCc2cccc(I)c2)cc2nc(-c3ccco3)nn12. The maximum atomic E-state index is 6.02. The Morgan fingerprint density at radius 3 is 2.88 bits per heavy atom. The van der Waals surface area contributed by atoms with Crippen LogP contribution in [0.25, 0.3) is 17.2 Å². The van der Waals surface area contributed by atoms with Crippen molar-refractivity contribution in [3.05, 3.63) is 57.9 Å². The lowest BCUT2D eigenvalue weighted by Gasteiger charge is -2.04. The number of thioether (sulfide) groups is 1. The number of nitrogens with two attached hydrogens (primary N) is 1. The predicted octanol–water partition coefficient (Wildman–Crippen LogP) is 3.86. The highest BCUT2D eigenvalue weighted by Crippen LogP contribution is 2.25. The van der Waals surface area contributed by atoms with Gasteiger partial charge in [-0.1, -0.05) is 12.1 Å². The summed E-state index contributed by atoms with van der Waals surface area (Å²) in [5.41, 5.74) is 7.91. The van der Waals surface area contributed by atoms with Crippen LogP contribution in [0.2, 0.25) is 0 Å². The highest BCUT2D eigenvalue weighted by Gasteiger charge is 2.12. The smallest absolute Gasteiger partial charge is 0.224 e. The Morgan fingerprint density at radius 1 is 1.17 bits per heavy atom. The van der Waals surface area contributed by atoms with E-state index in [1.165, 1.54) is 13.6 Å². The zero-order valence-electron chi connectivity index (χ0n) is 12.4. The summed E-state index contributed by atoms with van der Waals surface area (Å²) in [4.78, 5) is 8.87. The molecule has 120 valence electrons. The summed E-state index contributed by atoms with van der Waals surface area (Å²) in [6.45, 7) is 0. The van der Waals surface area contributed by atoms with Crippen LogP contribution in [0.4, 0.5) is 5.95 Å². The molecule has 0 saturated carbocycles. The van der Waals surface area contributed by atoms with E-state index in [0.29, 0.717) is 23.2 Å². The van der Waals surface area contributed by atoms with Crippen LogP contribution >= 0.6 is 34.4 Å². The Hall–Kier alpha value is -2.07. The Kier molecular flexibility index (Phi) is 4.15. The van der Waals surface area contributed by atoms with E-state index in [4.69, 9.17) is 10.2 Å². The van der Waals surface area contributed by atoms with Crippen LogP contribution in [0.5, 0.6) is 0 Å². The average molecular weight is 449 g/mol. The second-order valence-electron chi connectivity index (χ2n) is 5.05. The van der Waals surface area contributed by atoms with Gasteiger partial charge in [-0.3, -0.25) is 0 Å².